The van der Waals surface area contributed by atoms with Gasteiger partial charge in [-0.2, -0.15) is 0 Å². The maximum atomic E-state index is 2.21. The summed E-state index contributed by atoms with van der Waals surface area (Å²) < 4.78 is 0. The van der Waals surface area contributed by atoms with Crippen LogP contribution in [-0.4, -0.2) is 15.1 Å². The molecule has 0 aromatic carbocycles. The highest BCUT2D eigenvalue weighted by molar-refractivity contribution is 8.84. The molecule has 0 unspecified atom stereocenters. The lowest BCUT2D eigenvalue weighted by Crippen LogP contribution is -1.64. The van der Waals surface area contributed by atoms with E-state index in [0.29, 0.717) is 0 Å². The zero-order valence-corrected chi connectivity index (χ0v) is 7.86. The average molecular weight is 138 g/mol. The first-order chi connectivity index (χ1) is 2.91. The Morgan fingerprint density at radius 2 is 2.33 bits per heavy atom. The van der Waals surface area contributed by atoms with Crippen molar-refractivity contribution >= 4 is 30.4 Å². The van der Waals surface area contributed by atoms with Crippen LogP contribution in [0, 0.1) is 0 Å². The Morgan fingerprint density at radius 1 is 1.67 bits per heavy atom. The highest BCUT2D eigenvalue weighted by atomic mass is 33.2. The third-order valence-electron chi connectivity index (χ3n) is 0.405. The molecular weight excluding hydrogens is 128 g/mol. The van der Waals surface area contributed by atoms with E-state index >= 15 is 0 Å². The Labute approximate surface area is 49.9 Å². The van der Waals surface area contributed by atoms with Gasteiger partial charge in [-0.15, -0.1) is 21.0 Å². The summed E-state index contributed by atoms with van der Waals surface area (Å²) in [5.41, 5.74) is 0. The van der Waals surface area contributed by atoms with Gasteiger partial charge in [0.2, 0.25) is 0 Å². The molecule has 0 heterocycles. The first-order valence-corrected chi connectivity index (χ1v) is 7.25. The van der Waals surface area contributed by atoms with Crippen molar-refractivity contribution in [2.45, 2.75) is 13.3 Å². The largest absolute Gasteiger partial charge is 0.134 e. The van der Waals surface area contributed by atoms with Crippen LogP contribution in [0.15, 0.2) is 0 Å². The molecule has 0 aromatic heterocycles. The molecule has 3 heteroatoms. The van der Waals surface area contributed by atoms with E-state index in [1.807, 2.05) is 21.0 Å². The highest BCUT2D eigenvalue weighted by Crippen LogP contribution is 2.15. The lowest BCUT2D eigenvalue weighted by atomic mass is 10.6. The summed E-state index contributed by atoms with van der Waals surface area (Å²) in [4.78, 5) is 0. The minimum atomic E-state index is 1.28. The molecule has 6 heavy (non-hydrogen) atoms. The van der Waals surface area contributed by atoms with Gasteiger partial charge < -0.3 is 0 Å². The molecular formula is C3H10S2Si. The molecule has 0 aliphatic rings. The van der Waals surface area contributed by atoms with E-state index in [1.165, 1.54) is 21.6 Å². The first-order valence-electron chi connectivity index (χ1n) is 2.07. The lowest BCUT2D eigenvalue weighted by Gasteiger charge is -1.86. The maximum absolute atomic E-state index is 2.21. The van der Waals surface area contributed by atoms with Gasteiger partial charge in [-0.05, 0) is 6.42 Å². The van der Waals surface area contributed by atoms with Crippen LogP contribution in [0.3, 0.4) is 0 Å². The predicted molar refractivity (Wildman–Crippen MR) is 40.3 cm³/mol. The molecule has 0 spiro atoms. The Hall–Kier alpha value is 0.917. The molecule has 0 saturated heterocycles. The second-order valence-corrected chi connectivity index (χ2v) is 6.67. The summed E-state index contributed by atoms with van der Waals surface area (Å²) in [5, 5.41) is 0. The van der Waals surface area contributed by atoms with Gasteiger partial charge in [-0.25, -0.2) is 0 Å². The molecule has 0 saturated carbocycles. The second-order valence-electron chi connectivity index (χ2n) is 0.989. The number of hydrogen-bond acceptors (Lipinski definition) is 2. The van der Waals surface area contributed by atoms with Crippen LogP contribution in [0.2, 0.25) is 0 Å². The molecule has 0 radical (unpaired) electrons. The minimum absolute atomic E-state index is 1.28. The van der Waals surface area contributed by atoms with E-state index in [1.54, 1.807) is 0 Å². The monoisotopic (exact) mass is 138 g/mol. The van der Waals surface area contributed by atoms with Gasteiger partial charge in [-0.3, -0.25) is 0 Å². The first kappa shape index (κ1) is 6.92. The van der Waals surface area contributed by atoms with Crippen molar-refractivity contribution in [3.63, 3.8) is 0 Å². The predicted octanol–water partition coefficient (Wildman–Crippen LogP) is 1.06. The number of hydrogen-bond donors (Lipinski definition) is 0. The Bertz CT molecular complexity index is 20.8. The van der Waals surface area contributed by atoms with Crippen LogP contribution in [0.4, 0.5) is 0 Å². The van der Waals surface area contributed by atoms with Gasteiger partial charge in [0.25, 0.3) is 0 Å². The molecule has 0 fully saturated rings. The molecule has 0 amide bonds. The summed E-state index contributed by atoms with van der Waals surface area (Å²) in [6, 6.07) is 0. The second kappa shape index (κ2) is 5.92. The normalized spacial score (nSPS) is 9.50. The fourth-order valence-electron chi connectivity index (χ4n) is 0.167. The van der Waals surface area contributed by atoms with Gasteiger partial charge >= 0.3 is 0 Å². The Morgan fingerprint density at radius 3 is 2.50 bits per heavy atom. The van der Waals surface area contributed by atoms with Crippen LogP contribution in [-0.2, 0) is 0 Å². The quantitative estimate of drug-likeness (QED) is 0.325. The van der Waals surface area contributed by atoms with Crippen LogP contribution in [0.1, 0.15) is 13.3 Å². The molecule has 0 atom stereocenters. The zero-order chi connectivity index (χ0) is 4.83. The molecule has 0 N–H and O–H groups in total. The van der Waals surface area contributed by atoms with Gasteiger partial charge in [0.05, 0.1) is 9.39 Å². The van der Waals surface area contributed by atoms with Gasteiger partial charge in [0, 0.05) is 5.75 Å². The van der Waals surface area contributed by atoms with E-state index in [0.717, 1.165) is 0 Å². The molecule has 0 aromatic rings. The van der Waals surface area contributed by atoms with Crippen LogP contribution in [0.25, 0.3) is 0 Å². The van der Waals surface area contributed by atoms with Gasteiger partial charge in [-0.1, -0.05) is 6.92 Å². The van der Waals surface area contributed by atoms with E-state index in [-0.39, 0.29) is 0 Å². The summed E-state index contributed by atoms with van der Waals surface area (Å²) in [6.45, 7) is 2.21. The van der Waals surface area contributed by atoms with Crippen molar-refractivity contribution in [3.8, 4) is 0 Å². The third kappa shape index (κ3) is 4.92. The summed E-state index contributed by atoms with van der Waals surface area (Å²) in [5.74, 6) is 1.33. The topological polar surface area (TPSA) is 0 Å². The van der Waals surface area contributed by atoms with Crippen molar-refractivity contribution in [1.29, 1.82) is 0 Å². The van der Waals surface area contributed by atoms with Crippen molar-refractivity contribution in [1.82, 2.24) is 0 Å². The van der Waals surface area contributed by atoms with Crippen LogP contribution < -0.4 is 0 Å². The summed E-state index contributed by atoms with van der Waals surface area (Å²) in [6.07, 6.45) is 1.32. The van der Waals surface area contributed by atoms with E-state index < -0.39 is 0 Å². The smallest absolute Gasteiger partial charge is 0.0835 e. The molecule has 0 rings (SSSR count). The highest BCUT2D eigenvalue weighted by Gasteiger charge is 1.75. The Balaban J connectivity index is 2.34. The van der Waals surface area contributed by atoms with Gasteiger partial charge in [0.15, 0.2) is 0 Å². The van der Waals surface area contributed by atoms with E-state index in [2.05, 4.69) is 6.92 Å². The van der Waals surface area contributed by atoms with Crippen molar-refractivity contribution in [3.05, 3.63) is 0 Å². The standard InChI is InChI=1S/C3H10S2Si/c1-2-3-4-5-6/h2-3H2,1,6H3. The number of rotatable bonds is 3. The molecule has 0 aliphatic carbocycles. The SMILES string of the molecule is CCCSS[SiH3]. The van der Waals surface area contributed by atoms with Crippen molar-refractivity contribution < 1.29 is 0 Å². The van der Waals surface area contributed by atoms with Gasteiger partial charge in [0.1, 0.15) is 0 Å². The Kier molecular flexibility index (Phi) is 6.82. The third-order valence-corrected chi connectivity index (χ3v) is 4.54. The van der Waals surface area contributed by atoms with E-state index in [4.69, 9.17) is 0 Å². The fourth-order valence-corrected chi connectivity index (χ4v) is 3.00. The lowest BCUT2D eigenvalue weighted by molar-refractivity contribution is 1.11. The molecule has 0 aliphatic heterocycles. The summed E-state index contributed by atoms with van der Waals surface area (Å²) in [7, 11) is 5.25. The molecule has 38 valence electrons. The van der Waals surface area contributed by atoms with Crippen LogP contribution >= 0.6 is 21.0 Å². The average Bonchev–Trinajstić information content (AvgIpc) is 1.61. The zero-order valence-electron chi connectivity index (χ0n) is 4.23. The van der Waals surface area contributed by atoms with Crippen molar-refractivity contribution in [2.75, 3.05) is 5.75 Å². The fraction of sp³-hybridized carbons (Fsp3) is 1.00. The summed E-state index contributed by atoms with van der Waals surface area (Å²) >= 11 is 0. The van der Waals surface area contributed by atoms with Crippen LogP contribution in [0.5, 0.6) is 0 Å². The molecule has 0 bridgehead atoms. The van der Waals surface area contributed by atoms with E-state index in [9.17, 15) is 0 Å². The minimum Gasteiger partial charge on any atom is -0.134 e. The molecule has 0 nitrogen and oxygen atoms in total. The van der Waals surface area contributed by atoms with Crippen molar-refractivity contribution in [2.24, 2.45) is 0 Å². The maximum Gasteiger partial charge on any atom is 0.0835 e.